The van der Waals surface area contributed by atoms with Crippen molar-refractivity contribution in [2.45, 2.75) is 31.6 Å². The topological polar surface area (TPSA) is 99.4 Å². The molecule has 1 fully saturated rings. The molecule has 2 N–H and O–H groups in total. The summed E-state index contributed by atoms with van der Waals surface area (Å²) in [5, 5.41) is 23.2. The molecule has 0 aliphatic heterocycles. The first-order valence-corrected chi connectivity index (χ1v) is 8.55. The molecule has 2 heterocycles. The molecule has 0 saturated heterocycles. The second kappa shape index (κ2) is 6.48. The zero-order valence-electron chi connectivity index (χ0n) is 14.3. The number of carbonyl (C=O) groups is 1. The van der Waals surface area contributed by atoms with Gasteiger partial charge in [0, 0.05) is 23.7 Å². The Morgan fingerprint density at radius 3 is 2.85 bits per heavy atom. The highest BCUT2D eigenvalue weighted by molar-refractivity contribution is 5.94. The minimum atomic E-state index is -0.352. The van der Waals surface area contributed by atoms with Crippen molar-refractivity contribution in [2.24, 2.45) is 0 Å². The van der Waals surface area contributed by atoms with Gasteiger partial charge in [-0.25, -0.2) is 4.68 Å². The third-order valence-corrected chi connectivity index (χ3v) is 4.61. The predicted molar refractivity (Wildman–Crippen MR) is 95.9 cm³/mol. The number of hydrogen-bond acceptors (Lipinski definition) is 4. The summed E-state index contributed by atoms with van der Waals surface area (Å²) in [6.07, 6.45) is 5.85. The number of carbonyl (C=O) groups excluding carboxylic acids is 1. The molecule has 1 aromatic carbocycles. The van der Waals surface area contributed by atoms with Crippen LogP contribution in [0.2, 0.25) is 0 Å². The third kappa shape index (κ3) is 3.22. The van der Waals surface area contributed by atoms with E-state index in [2.05, 4.69) is 26.7 Å². The van der Waals surface area contributed by atoms with Gasteiger partial charge in [-0.3, -0.25) is 9.89 Å². The van der Waals surface area contributed by atoms with E-state index in [1.54, 1.807) is 23.0 Å². The van der Waals surface area contributed by atoms with Crippen molar-refractivity contribution in [2.75, 3.05) is 5.32 Å². The number of anilines is 1. The lowest BCUT2D eigenvalue weighted by Gasteiger charge is -2.08. The van der Waals surface area contributed by atoms with Crippen molar-refractivity contribution >= 4 is 11.7 Å². The molecule has 7 nitrogen and oxygen atoms in total. The Kier molecular flexibility index (Phi) is 4.01. The Hall–Kier alpha value is -3.40. The molecular formula is C19H18N6O. The van der Waals surface area contributed by atoms with Gasteiger partial charge in [-0.15, -0.1) is 0 Å². The fraction of sp³-hybridized carbons (Fsp3) is 0.263. The maximum atomic E-state index is 12.5. The summed E-state index contributed by atoms with van der Waals surface area (Å²) in [6, 6.07) is 11.1. The van der Waals surface area contributed by atoms with Gasteiger partial charge in [0.05, 0.1) is 35.1 Å². The van der Waals surface area contributed by atoms with Crippen LogP contribution in [0.1, 0.15) is 48.4 Å². The first-order valence-electron chi connectivity index (χ1n) is 8.55. The van der Waals surface area contributed by atoms with E-state index in [1.165, 1.54) is 12.8 Å². The molecule has 0 unspecified atom stereocenters. The number of rotatable bonds is 5. The number of nitrogens with zero attached hydrogens (tertiary/aromatic N) is 4. The average Bonchev–Trinajstić information content (AvgIpc) is 3.21. The third-order valence-electron chi connectivity index (χ3n) is 4.61. The standard InChI is InChI=1S/C19H18N6O/c1-12(19(26)22-18-8-17(23-24-18)14-4-5-14)15-10-21-25(11-15)16-6-2-13(9-20)3-7-16/h2-3,6-8,10-12,14H,4-5H2,1H3,(H2,22,23,24,26)/t12-/m1/s1. The molecule has 1 amide bonds. The largest absolute Gasteiger partial charge is 0.311 e. The van der Waals surface area contributed by atoms with Gasteiger partial charge in [0.25, 0.3) is 0 Å². The monoisotopic (exact) mass is 346 g/mol. The van der Waals surface area contributed by atoms with E-state index in [0.717, 1.165) is 16.9 Å². The SMILES string of the molecule is C[C@@H](C(=O)Nc1cc(C2CC2)n[nH]1)c1cnn(-c2ccc(C#N)cc2)c1. The Morgan fingerprint density at radius 2 is 2.15 bits per heavy atom. The number of nitrogens with one attached hydrogen (secondary N) is 2. The van der Waals surface area contributed by atoms with Crippen LogP contribution in [0.4, 0.5) is 5.82 Å². The first-order chi connectivity index (χ1) is 12.6. The Balaban J connectivity index is 1.45. The van der Waals surface area contributed by atoms with Crippen LogP contribution >= 0.6 is 0 Å². The normalized spacial score (nSPS) is 14.6. The number of H-pyrrole nitrogens is 1. The van der Waals surface area contributed by atoms with Crippen LogP contribution < -0.4 is 5.32 Å². The molecule has 1 aliphatic carbocycles. The van der Waals surface area contributed by atoms with Gasteiger partial charge in [-0.05, 0) is 44.0 Å². The number of amides is 1. The summed E-state index contributed by atoms with van der Waals surface area (Å²) in [5.41, 5.74) is 3.26. The number of aromatic amines is 1. The second-order valence-electron chi connectivity index (χ2n) is 6.57. The number of nitriles is 1. The summed E-state index contributed by atoms with van der Waals surface area (Å²) >= 11 is 0. The average molecular weight is 346 g/mol. The molecule has 3 aromatic rings. The van der Waals surface area contributed by atoms with Crippen LogP contribution in [-0.4, -0.2) is 25.9 Å². The Bertz CT molecular complexity index is 974. The van der Waals surface area contributed by atoms with Gasteiger partial charge >= 0.3 is 0 Å². The van der Waals surface area contributed by atoms with E-state index in [0.29, 0.717) is 17.3 Å². The maximum absolute atomic E-state index is 12.5. The maximum Gasteiger partial charge on any atom is 0.232 e. The van der Waals surface area contributed by atoms with Gasteiger partial charge in [-0.2, -0.15) is 15.5 Å². The highest BCUT2D eigenvalue weighted by Gasteiger charge is 2.26. The Labute approximate surface area is 150 Å². The lowest BCUT2D eigenvalue weighted by atomic mass is 10.0. The Morgan fingerprint density at radius 1 is 1.38 bits per heavy atom. The number of aromatic nitrogens is 4. The minimum Gasteiger partial charge on any atom is -0.311 e. The molecule has 7 heteroatoms. The zero-order chi connectivity index (χ0) is 18.1. The van der Waals surface area contributed by atoms with Crippen molar-refractivity contribution in [1.29, 1.82) is 5.26 Å². The molecule has 2 aromatic heterocycles. The molecule has 130 valence electrons. The molecule has 0 spiro atoms. The molecular weight excluding hydrogens is 328 g/mol. The smallest absolute Gasteiger partial charge is 0.232 e. The van der Waals surface area contributed by atoms with E-state index in [9.17, 15) is 4.79 Å². The molecule has 1 saturated carbocycles. The summed E-state index contributed by atoms with van der Waals surface area (Å²) in [7, 11) is 0. The summed E-state index contributed by atoms with van der Waals surface area (Å²) in [6.45, 7) is 1.84. The van der Waals surface area contributed by atoms with Crippen LogP contribution in [0, 0.1) is 11.3 Å². The van der Waals surface area contributed by atoms with E-state index < -0.39 is 0 Å². The van der Waals surface area contributed by atoms with Gasteiger partial charge in [-0.1, -0.05) is 0 Å². The molecule has 4 rings (SSSR count). The van der Waals surface area contributed by atoms with Crippen molar-refractivity contribution in [3.8, 4) is 11.8 Å². The van der Waals surface area contributed by atoms with Gasteiger partial charge in [0.1, 0.15) is 5.82 Å². The van der Waals surface area contributed by atoms with E-state index in [1.807, 2.05) is 31.3 Å². The minimum absolute atomic E-state index is 0.115. The van der Waals surface area contributed by atoms with Gasteiger partial charge in [0.2, 0.25) is 5.91 Å². The van der Waals surface area contributed by atoms with Crippen LogP contribution in [0.15, 0.2) is 42.7 Å². The van der Waals surface area contributed by atoms with Crippen molar-refractivity contribution < 1.29 is 4.79 Å². The van der Waals surface area contributed by atoms with Crippen LogP contribution in [0.3, 0.4) is 0 Å². The molecule has 1 aliphatic rings. The summed E-state index contributed by atoms with van der Waals surface area (Å²) in [4.78, 5) is 12.5. The number of hydrogen-bond donors (Lipinski definition) is 2. The fourth-order valence-electron chi connectivity index (χ4n) is 2.77. The molecule has 1 atom stereocenters. The molecule has 0 bridgehead atoms. The van der Waals surface area contributed by atoms with Crippen molar-refractivity contribution in [3.63, 3.8) is 0 Å². The summed E-state index contributed by atoms with van der Waals surface area (Å²) in [5.74, 6) is 0.702. The van der Waals surface area contributed by atoms with E-state index >= 15 is 0 Å². The highest BCUT2D eigenvalue weighted by atomic mass is 16.1. The van der Waals surface area contributed by atoms with E-state index in [4.69, 9.17) is 5.26 Å². The lowest BCUT2D eigenvalue weighted by molar-refractivity contribution is -0.117. The quantitative estimate of drug-likeness (QED) is 0.741. The van der Waals surface area contributed by atoms with Crippen molar-refractivity contribution in [1.82, 2.24) is 20.0 Å². The second-order valence-corrected chi connectivity index (χ2v) is 6.57. The van der Waals surface area contributed by atoms with Crippen LogP contribution in [0.5, 0.6) is 0 Å². The first kappa shape index (κ1) is 16.1. The van der Waals surface area contributed by atoms with E-state index in [-0.39, 0.29) is 11.8 Å². The molecule has 0 radical (unpaired) electrons. The molecule has 26 heavy (non-hydrogen) atoms. The van der Waals surface area contributed by atoms with Gasteiger partial charge in [0.15, 0.2) is 0 Å². The zero-order valence-corrected chi connectivity index (χ0v) is 14.3. The highest BCUT2D eigenvalue weighted by Crippen LogP contribution is 2.39. The number of benzene rings is 1. The lowest BCUT2D eigenvalue weighted by Crippen LogP contribution is -2.18. The predicted octanol–water partition coefficient (Wildman–Crippen LogP) is 3.09. The summed E-state index contributed by atoms with van der Waals surface area (Å²) < 4.78 is 1.70. The van der Waals surface area contributed by atoms with Gasteiger partial charge < -0.3 is 5.32 Å². The van der Waals surface area contributed by atoms with Crippen LogP contribution in [-0.2, 0) is 4.79 Å². The van der Waals surface area contributed by atoms with Crippen LogP contribution in [0.25, 0.3) is 5.69 Å². The van der Waals surface area contributed by atoms with Crippen molar-refractivity contribution in [3.05, 3.63) is 59.5 Å². The fourth-order valence-corrected chi connectivity index (χ4v) is 2.77.